The monoisotopic (exact) mass is 259 g/mol. The molecule has 0 saturated heterocycles. The summed E-state index contributed by atoms with van der Waals surface area (Å²) >= 11 is 0. The van der Waals surface area contributed by atoms with Gasteiger partial charge in [-0.05, 0) is 36.7 Å². The molecule has 1 aromatic carbocycles. The normalized spacial score (nSPS) is 12.4. The van der Waals surface area contributed by atoms with Crippen LogP contribution in [0.25, 0.3) is 11.3 Å². The third kappa shape index (κ3) is 3.10. The van der Waals surface area contributed by atoms with Crippen LogP contribution < -0.4 is 5.73 Å². The van der Waals surface area contributed by atoms with E-state index in [2.05, 4.69) is 0 Å². The minimum atomic E-state index is -0.577. The Labute approximate surface area is 111 Å². The van der Waals surface area contributed by atoms with E-state index in [1.807, 2.05) is 24.3 Å². The van der Waals surface area contributed by atoms with E-state index in [4.69, 9.17) is 10.2 Å². The second-order valence-electron chi connectivity index (χ2n) is 4.44. The van der Waals surface area contributed by atoms with Gasteiger partial charge in [-0.25, -0.2) is 0 Å². The van der Waals surface area contributed by atoms with Gasteiger partial charge >= 0.3 is 0 Å². The van der Waals surface area contributed by atoms with Gasteiger partial charge in [-0.3, -0.25) is 4.79 Å². The van der Waals surface area contributed by atoms with Crippen LogP contribution >= 0.6 is 0 Å². The van der Waals surface area contributed by atoms with Crippen LogP contribution in [0.5, 0.6) is 0 Å². The highest BCUT2D eigenvalue weighted by Crippen LogP contribution is 2.26. The average molecular weight is 259 g/mol. The number of carbonyl (C=O) groups is 1. The molecule has 0 aliphatic carbocycles. The maximum absolute atomic E-state index is 11.2. The molecule has 0 fully saturated rings. The zero-order valence-electron chi connectivity index (χ0n) is 10.8. The number of nitrogens with two attached hydrogens (primary N) is 1. The topological polar surface area (TPSA) is 76.5 Å². The van der Waals surface area contributed by atoms with Crippen molar-refractivity contribution in [3.63, 3.8) is 0 Å². The zero-order chi connectivity index (χ0) is 13.8. The van der Waals surface area contributed by atoms with Crippen LogP contribution in [0.15, 0.2) is 40.8 Å². The van der Waals surface area contributed by atoms with Crippen LogP contribution in [0.4, 0.5) is 0 Å². The van der Waals surface area contributed by atoms with Crippen LogP contribution in [-0.4, -0.2) is 17.4 Å². The molecule has 3 N–H and O–H groups in total. The quantitative estimate of drug-likeness (QED) is 0.809. The molecule has 1 heterocycles. The zero-order valence-corrected chi connectivity index (χ0v) is 10.8. The van der Waals surface area contributed by atoms with Crippen LogP contribution in [-0.2, 0) is 0 Å². The first kappa shape index (κ1) is 13.5. The van der Waals surface area contributed by atoms with Crippen molar-refractivity contribution in [3.8, 4) is 11.3 Å². The second kappa shape index (κ2) is 5.82. The van der Waals surface area contributed by atoms with E-state index < -0.39 is 6.10 Å². The van der Waals surface area contributed by atoms with Gasteiger partial charge in [0.2, 0.25) is 0 Å². The maximum Gasteiger partial charge on any atom is 0.194 e. The Balaban J connectivity index is 2.29. The fraction of sp³-hybridized carbons (Fsp3) is 0.267. The van der Waals surface area contributed by atoms with E-state index in [9.17, 15) is 9.90 Å². The number of aliphatic hydroxyl groups excluding tert-OH is 1. The molecule has 0 spiro atoms. The number of furan rings is 1. The minimum absolute atomic E-state index is 0.106. The first-order valence-electron chi connectivity index (χ1n) is 6.21. The van der Waals surface area contributed by atoms with Crippen LogP contribution in [0.1, 0.15) is 35.6 Å². The molecule has 0 saturated carbocycles. The maximum atomic E-state index is 11.2. The molecule has 19 heavy (non-hydrogen) atoms. The first-order valence-corrected chi connectivity index (χ1v) is 6.21. The van der Waals surface area contributed by atoms with E-state index in [0.717, 1.165) is 11.1 Å². The molecule has 0 aliphatic heterocycles. The second-order valence-corrected chi connectivity index (χ2v) is 4.44. The molecule has 1 unspecified atom stereocenters. The Morgan fingerprint density at radius 3 is 2.79 bits per heavy atom. The van der Waals surface area contributed by atoms with Crippen LogP contribution in [0, 0.1) is 0 Å². The number of hydrogen-bond acceptors (Lipinski definition) is 4. The van der Waals surface area contributed by atoms with Gasteiger partial charge in [-0.1, -0.05) is 18.2 Å². The third-order valence-electron chi connectivity index (χ3n) is 2.95. The van der Waals surface area contributed by atoms with E-state index in [0.29, 0.717) is 24.5 Å². The van der Waals surface area contributed by atoms with Crippen LogP contribution in [0.2, 0.25) is 0 Å². The molecule has 4 heteroatoms. The van der Waals surface area contributed by atoms with Crippen molar-refractivity contribution < 1.29 is 14.3 Å². The van der Waals surface area contributed by atoms with Gasteiger partial charge < -0.3 is 15.3 Å². The third-order valence-corrected chi connectivity index (χ3v) is 2.95. The highest BCUT2D eigenvalue weighted by molar-refractivity contribution is 5.91. The summed E-state index contributed by atoms with van der Waals surface area (Å²) in [6.07, 6.45) is -0.0625. The molecule has 0 amide bonds. The summed E-state index contributed by atoms with van der Waals surface area (Å²) < 4.78 is 5.47. The molecule has 1 atom stereocenters. The Morgan fingerprint density at radius 2 is 2.16 bits per heavy atom. The van der Waals surface area contributed by atoms with E-state index >= 15 is 0 Å². The SMILES string of the molecule is CC(=O)c1ccc(-c2cccc(C(O)CCN)c2)o1. The highest BCUT2D eigenvalue weighted by Gasteiger charge is 2.11. The summed E-state index contributed by atoms with van der Waals surface area (Å²) in [7, 11) is 0. The molecule has 0 aliphatic rings. The summed E-state index contributed by atoms with van der Waals surface area (Å²) in [6.45, 7) is 1.89. The van der Waals surface area contributed by atoms with Crippen molar-refractivity contribution in [1.82, 2.24) is 0 Å². The predicted molar refractivity (Wildman–Crippen MR) is 72.8 cm³/mol. The van der Waals surface area contributed by atoms with E-state index in [1.54, 1.807) is 12.1 Å². The number of benzene rings is 1. The number of Topliss-reactive ketones (excluding diaryl/α,β-unsaturated/α-hetero) is 1. The molecule has 2 rings (SSSR count). The van der Waals surface area contributed by atoms with Gasteiger partial charge in [0, 0.05) is 12.5 Å². The van der Waals surface area contributed by atoms with Gasteiger partial charge in [-0.15, -0.1) is 0 Å². The van der Waals surface area contributed by atoms with Crippen molar-refractivity contribution in [3.05, 3.63) is 47.7 Å². The summed E-state index contributed by atoms with van der Waals surface area (Å²) in [6, 6.07) is 10.8. The largest absolute Gasteiger partial charge is 0.453 e. The Morgan fingerprint density at radius 1 is 1.37 bits per heavy atom. The van der Waals surface area contributed by atoms with E-state index in [1.165, 1.54) is 6.92 Å². The molecular weight excluding hydrogens is 242 g/mol. The standard InChI is InChI=1S/C15H17NO3/c1-10(17)14-5-6-15(19-14)12-4-2-3-11(9-12)13(18)7-8-16/h2-6,9,13,18H,7-8,16H2,1H3. The summed E-state index contributed by atoms with van der Waals surface area (Å²) in [5.74, 6) is 0.848. The Bertz CT molecular complexity index is 574. The first-order chi connectivity index (χ1) is 9.11. The Hall–Kier alpha value is -1.91. The summed E-state index contributed by atoms with van der Waals surface area (Å²) in [5.41, 5.74) is 7.07. The number of carbonyl (C=O) groups excluding carboxylic acids is 1. The van der Waals surface area contributed by atoms with Gasteiger partial charge in [0.1, 0.15) is 5.76 Å². The van der Waals surface area contributed by atoms with Gasteiger partial charge in [-0.2, -0.15) is 0 Å². The highest BCUT2D eigenvalue weighted by atomic mass is 16.3. The van der Waals surface area contributed by atoms with Crippen molar-refractivity contribution in [2.24, 2.45) is 5.73 Å². The lowest BCUT2D eigenvalue weighted by atomic mass is 10.0. The van der Waals surface area contributed by atoms with Gasteiger partial charge in [0.05, 0.1) is 6.10 Å². The van der Waals surface area contributed by atoms with Crippen molar-refractivity contribution in [2.45, 2.75) is 19.4 Å². The molecular formula is C15H17NO3. The van der Waals surface area contributed by atoms with Crippen molar-refractivity contribution >= 4 is 5.78 Å². The van der Waals surface area contributed by atoms with Gasteiger partial charge in [0.15, 0.2) is 11.5 Å². The molecule has 2 aromatic rings. The average Bonchev–Trinajstić information content (AvgIpc) is 2.89. The van der Waals surface area contributed by atoms with Crippen LogP contribution in [0.3, 0.4) is 0 Å². The summed E-state index contributed by atoms with van der Waals surface area (Å²) in [5, 5.41) is 9.92. The summed E-state index contributed by atoms with van der Waals surface area (Å²) in [4.78, 5) is 11.2. The number of aliphatic hydroxyl groups is 1. The fourth-order valence-electron chi connectivity index (χ4n) is 1.91. The van der Waals surface area contributed by atoms with Crippen molar-refractivity contribution in [2.75, 3.05) is 6.54 Å². The number of hydrogen-bond donors (Lipinski definition) is 2. The number of rotatable bonds is 5. The molecule has 100 valence electrons. The Kier molecular flexibility index (Phi) is 4.14. The smallest absolute Gasteiger partial charge is 0.194 e. The number of ketones is 1. The lowest BCUT2D eigenvalue weighted by Gasteiger charge is -2.10. The molecule has 0 bridgehead atoms. The van der Waals surface area contributed by atoms with Crippen molar-refractivity contribution in [1.29, 1.82) is 0 Å². The van der Waals surface area contributed by atoms with Gasteiger partial charge in [0.25, 0.3) is 0 Å². The lowest BCUT2D eigenvalue weighted by Crippen LogP contribution is -2.06. The fourth-order valence-corrected chi connectivity index (χ4v) is 1.91. The lowest BCUT2D eigenvalue weighted by molar-refractivity contribution is 0.0988. The minimum Gasteiger partial charge on any atom is -0.453 e. The molecule has 1 aromatic heterocycles. The van der Waals surface area contributed by atoms with E-state index in [-0.39, 0.29) is 5.78 Å². The molecule has 0 radical (unpaired) electrons. The predicted octanol–water partition coefficient (Wildman–Crippen LogP) is 2.53. The molecule has 4 nitrogen and oxygen atoms in total.